The third-order valence-electron chi connectivity index (χ3n) is 2.18. The van der Waals surface area contributed by atoms with Gasteiger partial charge in [-0.3, -0.25) is 0 Å². The third-order valence-corrected chi connectivity index (χ3v) is 4.12. The second kappa shape index (κ2) is 6.02. The van der Waals surface area contributed by atoms with Crippen LogP contribution < -0.4 is 4.72 Å². The number of aliphatic hydroxyl groups is 1. The predicted octanol–water partition coefficient (Wildman–Crippen LogP) is 2.04. The van der Waals surface area contributed by atoms with Gasteiger partial charge in [0.1, 0.15) is 0 Å². The predicted molar refractivity (Wildman–Crippen MR) is 67.9 cm³/mol. The largest absolute Gasteiger partial charge is 0.395 e. The van der Waals surface area contributed by atoms with Crippen LogP contribution in [0.25, 0.3) is 0 Å². The van der Waals surface area contributed by atoms with Crippen LogP contribution >= 0.6 is 23.2 Å². The lowest BCUT2D eigenvalue weighted by Gasteiger charge is -2.14. The molecule has 0 aliphatic heterocycles. The average molecular weight is 298 g/mol. The van der Waals surface area contributed by atoms with Gasteiger partial charge >= 0.3 is 0 Å². The van der Waals surface area contributed by atoms with Crippen molar-refractivity contribution in [3.63, 3.8) is 0 Å². The van der Waals surface area contributed by atoms with Crippen LogP contribution in [-0.2, 0) is 10.0 Å². The van der Waals surface area contributed by atoms with E-state index in [0.29, 0.717) is 6.42 Å². The van der Waals surface area contributed by atoms with Crippen LogP contribution in [0, 0.1) is 0 Å². The van der Waals surface area contributed by atoms with E-state index in [1.165, 1.54) is 18.2 Å². The Kier molecular flexibility index (Phi) is 5.22. The Bertz CT molecular complexity index is 466. The number of halogens is 2. The van der Waals surface area contributed by atoms with Crippen LogP contribution in [0.4, 0.5) is 0 Å². The van der Waals surface area contributed by atoms with Gasteiger partial charge in [0.15, 0.2) is 0 Å². The highest BCUT2D eigenvalue weighted by Gasteiger charge is 2.19. The van der Waals surface area contributed by atoms with E-state index in [9.17, 15) is 8.42 Å². The molecule has 0 spiro atoms. The number of hydrogen-bond donors (Lipinski definition) is 2. The number of benzene rings is 1. The number of hydrogen-bond acceptors (Lipinski definition) is 3. The number of sulfonamides is 1. The smallest absolute Gasteiger partial charge is 0.241 e. The van der Waals surface area contributed by atoms with Crippen LogP contribution in [-0.4, -0.2) is 26.2 Å². The summed E-state index contributed by atoms with van der Waals surface area (Å²) in [4.78, 5) is -0.0121. The van der Waals surface area contributed by atoms with Gasteiger partial charge < -0.3 is 5.11 Å². The van der Waals surface area contributed by atoms with Crippen molar-refractivity contribution < 1.29 is 13.5 Å². The van der Waals surface area contributed by atoms with Crippen molar-refractivity contribution in [1.82, 2.24) is 4.72 Å². The van der Waals surface area contributed by atoms with Crippen molar-refractivity contribution in [2.75, 3.05) is 6.61 Å². The molecule has 0 amide bonds. The van der Waals surface area contributed by atoms with Gasteiger partial charge in [0.05, 0.1) is 11.5 Å². The zero-order valence-corrected chi connectivity index (χ0v) is 11.5. The normalized spacial score (nSPS) is 13.6. The Morgan fingerprint density at radius 2 is 1.82 bits per heavy atom. The molecule has 0 radical (unpaired) electrons. The molecule has 0 saturated carbocycles. The maximum atomic E-state index is 11.9. The summed E-state index contributed by atoms with van der Waals surface area (Å²) in [6, 6.07) is 3.54. The Balaban J connectivity index is 3.04. The molecule has 17 heavy (non-hydrogen) atoms. The first-order valence-electron chi connectivity index (χ1n) is 4.98. The SMILES string of the molecule is CC[C@@H](CO)NS(=O)(=O)c1cc(Cl)cc(Cl)c1. The molecule has 0 heterocycles. The Labute approximate surface area is 111 Å². The molecule has 0 aliphatic rings. The minimum atomic E-state index is -3.71. The van der Waals surface area contributed by atoms with Crippen LogP contribution in [0.2, 0.25) is 10.0 Å². The van der Waals surface area contributed by atoms with E-state index in [4.69, 9.17) is 28.3 Å². The molecule has 7 heteroatoms. The number of aliphatic hydroxyl groups excluding tert-OH is 1. The van der Waals surface area contributed by atoms with E-state index in [0.717, 1.165) is 0 Å². The molecule has 2 N–H and O–H groups in total. The van der Waals surface area contributed by atoms with E-state index in [1.54, 1.807) is 6.92 Å². The van der Waals surface area contributed by atoms with E-state index < -0.39 is 16.1 Å². The van der Waals surface area contributed by atoms with Crippen LogP contribution in [0.5, 0.6) is 0 Å². The van der Waals surface area contributed by atoms with Gasteiger partial charge in [0, 0.05) is 16.1 Å². The van der Waals surface area contributed by atoms with Gasteiger partial charge in [-0.1, -0.05) is 30.1 Å². The molecule has 4 nitrogen and oxygen atoms in total. The Morgan fingerprint density at radius 3 is 2.24 bits per heavy atom. The van der Waals surface area contributed by atoms with E-state index in [-0.39, 0.29) is 21.5 Å². The van der Waals surface area contributed by atoms with Crippen LogP contribution in [0.15, 0.2) is 23.1 Å². The highest BCUT2D eigenvalue weighted by molar-refractivity contribution is 7.89. The molecule has 1 aromatic carbocycles. The summed E-state index contributed by atoms with van der Waals surface area (Å²) in [5.41, 5.74) is 0. The molecule has 0 aliphatic carbocycles. The molecule has 0 fully saturated rings. The molecule has 96 valence electrons. The van der Waals surface area contributed by atoms with Crippen molar-refractivity contribution >= 4 is 33.2 Å². The summed E-state index contributed by atoms with van der Waals surface area (Å²) >= 11 is 11.5. The van der Waals surface area contributed by atoms with Gasteiger partial charge in [-0.2, -0.15) is 0 Å². The fourth-order valence-electron chi connectivity index (χ4n) is 1.22. The lowest BCUT2D eigenvalue weighted by Crippen LogP contribution is -2.36. The standard InChI is InChI=1S/C10H13Cl2NO3S/c1-2-9(6-14)13-17(15,16)10-4-7(11)3-8(12)5-10/h3-5,9,13-14H,2,6H2,1H3/t9-/m0/s1. The number of nitrogens with one attached hydrogen (secondary N) is 1. The van der Waals surface area contributed by atoms with Crippen LogP contribution in [0.1, 0.15) is 13.3 Å². The lowest BCUT2D eigenvalue weighted by molar-refractivity contribution is 0.254. The summed E-state index contributed by atoms with van der Waals surface area (Å²) in [6.45, 7) is 1.51. The first kappa shape index (κ1) is 14.7. The molecule has 0 bridgehead atoms. The molecule has 1 rings (SSSR count). The Hall–Kier alpha value is -0.330. The topological polar surface area (TPSA) is 66.4 Å². The zero-order chi connectivity index (χ0) is 13.1. The molecule has 0 unspecified atom stereocenters. The molecular formula is C10H13Cl2NO3S. The second-order valence-corrected chi connectivity index (χ2v) is 6.10. The molecule has 1 aromatic rings. The minimum Gasteiger partial charge on any atom is -0.395 e. The van der Waals surface area contributed by atoms with Gasteiger partial charge in [0.25, 0.3) is 0 Å². The van der Waals surface area contributed by atoms with Gasteiger partial charge in [-0.15, -0.1) is 0 Å². The summed E-state index contributed by atoms with van der Waals surface area (Å²) in [5, 5.41) is 9.46. The van der Waals surface area contributed by atoms with E-state index in [1.807, 2.05) is 0 Å². The average Bonchev–Trinajstić information content (AvgIpc) is 2.24. The van der Waals surface area contributed by atoms with Crippen molar-refractivity contribution in [3.05, 3.63) is 28.2 Å². The quantitative estimate of drug-likeness (QED) is 0.874. The summed E-state index contributed by atoms with van der Waals surface area (Å²) in [7, 11) is -3.71. The fourth-order valence-corrected chi connectivity index (χ4v) is 3.26. The maximum Gasteiger partial charge on any atom is 0.241 e. The molecular weight excluding hydrogens is 285 g/mol. The number of rotatable bonds is 5. The summed E-state index contributed by atoms with van der Waals surface area (Å²) in [5.74, 6) is 0. The maximum absolute atomic E-state index is 11.9. The molecule has 0 aromatic heterocycles. The van der Waals surface area contributed by atoms with Crippen molar-refractivity contribution in [2.24, 2.45) is 0 Å². The van der Waals surface area contributed by atoms with Crippen LogP contribution in [0.3, 0.4) is 0 Å². The first-order chi connectivity index (χ1) is 7.89. The Morgan fingerprint density at radius 1 is 1.29 bits per heavy atom. The van der Waals surface area contributed by atoms with E-state index >= 15 is 0 Å². The minimum absolute atomic E-state index is 0.0121. The third kappa shape index (κ3) is 4.12. The van der Waals surface area contributed by atoms with Crippen molar-refractivity contribution in [2.45, 2.75) is 24.3 Å². The van der Waals surface area contributed by atoms with Gasteiger partial charge in [-0.05, 0) is 24.6 Å². The monoisotopic (exact) mass is 297 g/mol. The van der Waals surface area contributed by atoms with Gasteiger partial charge in [-0.25, -0.2) is 13.1 Å². The summed E-state index contributed by atoms with van der Waals surface area (Å²) in [6.07, 6.45) is 0.490. The molecule has 1 atom stereocenters. The van der Waals surface area contributed by atoms with Crippen molar-refractivity contribution in [3.8, 4) is 0 Å². The highest BCUT2D eigenvalue weighted by Crippen LogP contribution is 2.22. The van der Waals surface area contributed by atoms with Crippen molar-refractivity contribution in [1.29, 1.82) is 0 Å². The van der Waals surface area contributed by atoms with E-state index in [2.05, 4.69) is 4.72 Å². The zero-order valence-electron chi connectivity index (χ0n) is 9.15. The molecule has 0 saturated heterocycles. The second-order valence-electron chi connectivity index (χ2n) is 3.51. The van der Waals surface area contributed by atoms with Gasteiger partial charge in [0.2, 0.25) is 10.0 Å². The summed E-state index contributed by atoms with van der Waals surface area (Å²) < 4.78 is 26.2. The first-order valence-corrected chi connectivity index (χ1v) is 7.22. The fraction of sp³-hybridized carbons (Fsp3) is 0.400. The highest BCUT2D eigenvalue weighted by atomic mass is 35.5. The lowest BCUT2D eigenvalue weighted by atomic mass is 10.3.